The van der Waals surface area contributed by atoms with E-state index in [1.807, 2.05) is 0 Å². The third kappa shape index (κ3) is 2.48. The molecule has 1 aromatic heterocycles. The molecule has 0 spiro atoms. The van der Waals surface area contributed by atoms with Gasteiger partial charge in [-0.2, -0.15) is 0 Å². The minimum absolute atomic E-state index is 0.551. The number of hydrogen-bond acceptors (Lipinski definition) is 3. The highest BCUT2D eigenvalue weighted by atomic mass is 15.0. The van der Waals surface area contributed by atoms with Crippen molar-refractivity contribution in [1.82, 2.24) is 4.98 Å². The van der Waals surface area contributed by atoms with Crippen LogP contribution in [0.25, 0.3) is 0 Å². The van der Waals surface area contributed by atoms with Crippen LogP contribution >= 0.6 is 0 Å². The minimum Gasteiger partial charge on any atom is -0.367 e. The lowest BCUT2D eigenvalue weighted by Gasteiger charge is -2.23. The Morgan fingerprint density at radius 3 is 3.20 bits per heavy atom. The molecule has 0 radical (unpaired) electrons. The highest BCUT2D eigenvalue weighted by Gasteiger charge is 2.14. The van der Waals surface area contributed by atoms with Gasteiger partial charge in [-0.05, 0) is 50.8 Å². The largest absolute Gasteiger partial charge is 0.367 e. The van der Waals surface area contributed by atoms with Crippen molar-refractivity contribution in [2.24, 2.45) is 5.73 Å². The molecule has 0 aliphatic carbocycles. The lowest BCUT2D eigenvalue weighted by atomic mass is 10.0. The van der Waals surface area contributed by atoms with E-state index >= 15 is 0 Å². The minimum atomic E-state index is 0.551. The average Bonchev–Trinajstić information content (AvgIpc) is 2.25. The van der Waals surface area contributed by atoms with Gasteiger partial charge in [0.1, 0.15) is 5.82 Å². The maximum atomic E-state index is 5.49. The summed E-state index contributed by atoms with van der Waals surface area (Å²) in [5.41, 5.74) is 8.00. The van der Waals surface area contributed by atoms with E-state index in [-0.39, 0.29) is 0 Å². The quantitative estimate of drug-likeness (QED) is 0.790. The molecule has 1 aliphatic rings. The molecule has 15 heavy (non-hydrogen) atoms. The van der Waals surface area contributed by atoms with Crippen molar-refractivity contribution in [3.63, 3.8) is 0 Å². The molecule has 1 aromatic rings. The number of aromatic nitrogens is 1. The van der Waals surface area contributed by atoms with Gasteiger partial charge in [-0.15, -0.1) is 0 Å². The number of pyridine rings is 1. The van der Waals surface area contributed by atoms with Gasteiger partial charge in [0.2, 0.25) is 0 Å². The first-order chi connectivity index (χ1) is 7.29. The van der Waals surface area contributed by atoms with Crippen molar-refractivity contribution in [3.8, 4) is 0 Å². The van der Waals surface area contributed by atoms with E-state index in [4.69, 9.17) is 5.73 Å². The van der Waals surface area contributed by atoms with E-state index in [1.165, 1.54) is 12.0 Å². The number of anilines is 1. The lowest BCUT2D eigenvalue weighted by molar-refractivity contribution is 0.670. The van der Waals surface area contributed by atoms with E-state index in [9.17, 15) is 0 Å². The third-order valence-electron chi connectivity index (χ3n) is 2.90. The third-order valence-corrected chi connectivity index (χ3v) is 2.90. The number of fused-ring (bicyclic) bond motifs is 1. The molecular weight excluding hydrogens is 186 g/mol. The van der Waals surface area contributed by atoms with Crippen LogP contribution in [0.5, 0.6) is 0 Å². The number of nitrogens with two attached hydrogens (primary N) is 1. The number of rotatable bonds is 3. The SMILES string of the molecule is C[C@@H]1CCc2ccc(CCCN)nc2N1. The molecule has 0 unspecified atom stereocenters. The van der Waals surface area contributed by atoms with Gasteiger partial charge in [0, 0.05) is 11.7 Å². The smallest absolute Gasteiger partial charge is 0.129 e. The van der Waals surface area contributed by atoms with Gasteiger partial charge < -0.3 is 11.1 Å². The molecule has 0 amide bonds. The van der Waals surface area contributed by atoms with Crippen LogP contribution in [0.4, 0.5) is 5.82 Å². The molecule has 0 aromatic carbocycles. The molecule has 2 rings (SSSR count). The van der Waals surface area contributed by atoms with E-state index in [0.717, 1.165) is 37.3 Å². The molecule has 1 aliphatic heterocycles. The predicted molar refractivity (Wildman–Crippen MR) is 63.0 cm³/mol. The Bertz CT molecular complexity index is 336. The highest BCUT2D eigenvalue weighted by molar-refractivity contribution is 5.48. The second kappa shape index (κ2) is 4.62. The Balaban J connectivity index is 2.13. The van der Waals surface area contributed by atoms with Crippen molar-refractivity contribution in [3.05, 3.63) is 23.4 Å². The standard InChI is InChI=1S/C12H19N3/c1-9-4-5-10-6-7-11(3-2-8-13)15-12(10)14-9/h6-7,9H,2-5,8,13H2,1H3,(H,14,15)/t9-/m1/s1. The summed E-state index contributed by atoms with van der Waals surface area (Å²) in [4.78, 5) is 4.63. The van der Waals surface area contributed by atoms with Gasteiger partial charge in [-0.25, -0.2) is 4.98 Å². The molecule has 1 atom stereocenters. The molecule has 2 heterocycles. The van der Waals surface area contributed by atoms with Crippen LogP contribution in [0, 0.1) is 0 Å². The van der Waals surface area contributed by atoms with Crippen LogP contribution in [0.15, 0.2) is 12.1 Å². The molecule has 82 valence electrons. The second-order valence-corrected chi connectivity index (χ2v) is 4.29. The van der Waals surface area contributed by atoms with E-state index in [0.29, 0.717) is 6.04 Å². The summed E-state index contributed by atoms with van der Waals surface area (Å²) >= 11 is 0. The van der Waals surface area contributed by atoms with Crippen molar-refractivity contribution in [2.75, 3.05) is 11.9 Å². The summed E-state index contributed by atoms with van der Waals surface area (Å²) in [5, 5.41) is 3.43. The number of nitrogens with zero attached hydrogens (tertiary/aromatic N) is 1. The fourth-order valence-electron chi connectivity index (χ4n) is 1.96. The zero-order valence-electron chi connectivity index (χ0n) is 9.29. The summed E-state index contributed by atoms with van der Waals surface area (Å²) in [6, 6.07) is 4.88. The van der Waals surface area contributed by atoms with Gasteiger partial charge in [-0.1, -0.05) is 6.07 Å². The van der Waals surface area contributed by atoms with Crippen LogP contribution in [0.2, 0.25) is 0 Å². The average molecular weight is 205 g/mol. The van der Waals surface area contributed by atoms with Crippen LogP contribution in [0.1, 0.15) is 31.0 Å². The number of nitrogens with one attached hydrogen (secondary N) is 1. The summed E-state index contributed by atoms with van der Waals surface area (Å²) in [5.74, 6) is 1.09. The zero-order valence-corrected chi connectivity index (χ0v) is 9.29. The molecule has 0 saturated heterocycles. The Morgan fingerprint density at radius 2 is 2.40 bits per heavy atom. The topological polar surface area (TPSA) is 50.9 Å². The zero-order chi connectivity index (χ0) is 10.7. The fourth-order valence-corrected chi connectivity index (χ4v) is 1.96. The van der Waals surface area contributed by atoms with Crippen LogP contribution in [-0.2, 0) is 12.8 Å². The Hall–Kier alpha value is -1.09. The monoisotopic (exact) mass is 205 g/mol. The molecule has 3 N–H and O–H groups in total. The Kier molecular flexibility index (Phi) is 3.21. The Labute approximate surface area is 91.1 Å². The molecular formula is C12H19N3. The van der Waals surface area contributed by atoms with Crippen molar-refractivity contribution >= 4 is 5.82 Å². The number of aryl methyl sites for hydroxylation is 2. The lowest BCUT2D eigenvalue weighted by Crippen LogP contribution is -2.23. The van der Waals surface area contributed by atoms with E-state index < -0.39 is 0 Å². The molecule has 3 nitrogen and oxygen atoms in total. The van der Waals surface area contributed by atoms with Gasteiger partial charge in [0.25, 0.3) is 0 Å². The predicted octanol–water partition coefficient (Wildman–Crippen LogP) is 1.72. The summed E-state index contributed by atoms with van der Waals surface area (Å²) in [6.07, 6.45) is 4.35. The molecule has 3 heteroatoms. The summed E-state index contributed by atoms with van der Waals surface area (Å²) in [7, 11) is 0. The van der Waals surface area contributed by atoms with Crippen molar-refractivity contribution in [2.45, 2.75) is 38.6 Å². The molecule has 0 bridgehead atoms. The number of hydrogen-bond donors (Lipinski definition) is 2. The summed E-state index contributed by atoms with van der Waals surface area (Å²) in [6.45, 7) is 2.94. The van der Waals surface area contributed by atoms with E-state index in [1.54, 1.807) is 0 Å². The molecule has 0 fully saturated rings. The molecule has 0 saturated carbocycles. The van der Waals surface area contributed by atoms with E-state index in [2.05, 4.69) is 29.4 Å². The van der Waals surface area contributed by atoms with Crippen molar-refractivity contribution in [1.29, 1.82) is 0 Å². The Morgan fingerprint density at radius 1 is 1.53 bits per heavy atom. The van der Waals surface area contributed by atoms with Gasteiger partial charge in [0.05, 0.1) is 0 Å². The van der Waals surface area contributed by atoms with Gasteiger partial charge >= 0.3 is 0 Å². The van der Waals surface area contributed by atoms with Crippen LogP contribution in [0.3, 0.4) is 0 Å². The summed E-state index contributed by atoms with van der Waals surface area (Å²) < 4.78 is 0. The van der Waals surface area contributed by atoms with Crippen molar-refractivity contribution < 1.29 is 0 Å². The van der Waals surface area contributed by atoms with Gasteiger partial charge in [-0.3, -0.25) is 0 Å². The fraction of sp³-hybridized carbons (Fsp3) is 0.583. The maximum absolute atomic E-state index is 5.49. The van der Waals surface area contributed by atoms with Gasteiger partial charge in [0.15, 0.2) is 0 Å². The maximum Gasteiger partial charge on any atom is 0.129 e. The van der Waals surface area contributed by atoms with Crippen LogP contribution in [-0.4, -0.2) is 17.6 Å². The normalized spacial score (nSPS) is 19.5. The van der Waals surface area contributed by atoms with Crippen LogP contribution < -0.4 is 11.1 Å². The highest BCUT2D eigenvalue weighted by Crippen LogP contribution is 2.23. The first-order valence-electron chi connectivity index (χ1n) is 5.75. The second-order valence-electron chi connectivity index (χ2n) is 4.29. The first kappa shape index (κ1) is 10.4. The first-order valence-corrected chi connectivity index (χ1v) is 5.75.